The van der Waals surface area contributed by atoms with Crippen molar-refractivity contribution in [3.63, 3.8) is 0 Å². The molecule has 1 aromatic heterocycles. The van der Waals surface area contributed by atoms with Gasteiger partial charge in [-0.3, -0.25) is 19.9 Å². The van der Waals surface area contributed by atoms with Gasteiger partial charge in [-0.25, -0.2) is 0 Å². The Morgan fingerprint density at radius 2 is 2.08 bits per heavy atom. The number of nitrogens with one attached hydrogen (secondary N) is 2. The monoisotopic (exact) mass is 340 g/mol. The molecule has 0 spiro atoms. The first kappa shape index (κ1) is 16.0. The van der Waals surface area contributed by atoms with Crippen LogP contribution in [0.4, 0.5) is 11.5 Å². The fraction of sp³-hybridized carbons (Fsp3) is 0.133. The second kappa shape index (κ2) is 5.97. The molecule has 0 amide bonds. The predicted molar refractivity (Wildman–Crippen MR) is 86.8 cm³/mol. The SMILES string of the molecule is COc1nc2c(c(=O)[nH]1)[C@H](c1ccc([N+](=O)[O-])cc1)C(C#N)=C(N)N2. The van der Waals surface area contributed by atoms with E-state index < -0.39 is 16.4 Å². The van der Waals surface area contributed by atoms with Crippen molar-refractivity contribution >= 4 is 11.5 Å². The van der Waals surface area contributed by atoms with E-state index in [1.165, 1.54) is 31.4 Å². The van der Waals surface area contributed by atoms with Gasteiger partial charge in [0.25, 0.3) is 17.3 Å². The van der Waals surface area contributed by atoms with Gasteiger partial charge < -0.3 is 15.8 Å². The fourth-order valence-electron chi connectivity index (χ4n) is 2.66. The summed E-state index contributed by atoms with van der Waals surface area (Å²) in [5, 5.41) is 23.0. The molecule has 1 aliphatic rings. The minimum absolute atomic E-state index is 0.00749. The molecule has 10 nitrogen and oxygen atoms in total. The minimum Gasteiger partial charge on any atom is -0.468 e. The highest BCUT2D eigenvalue weighted by Gasteiger charge is 2.33. The molecule has 2 aromatic rings. The number of hydrogen-bond donors (Lipinski definition) is 3. The highest BCUT2D eigenvalue weighted by Crippen LogP contribution is 2.38. The molecule has 1 atom stereocenters. The van der Waals surface area contributed by atoms with Crippen molar-refractivity contribution < 1.29 is 9.66 Å². The fourth-order valence-corrected chi connectivity index (χ4v) is 2.66. The Bertz CT molecular complexity index is 987. The Morgan fingerprint density at radius 3 is 2.64 bits per heavy atom. The Morgan fingerprint density at radius 1 is 1.40 bits per heavy atom. The van der Waals surface area contributed by atoms with Crippen molar-refractivity contribution in [1.82, 2.24) is 9.97 Å². The van der Waals surface area contributed by atoms with E-state index in [-0.39, 0.29) is 34.5 Å². The van der Waals surface area contributed by atoms with E-state index >= 15 is 0 Å². The molecule has 4 N–H and O–H groups in total. The Hall–Kier alpha value is -3.87. The third-order valence-electron chi connectivity index (χ3n) is 3.81. The van der Waals surface area contributed by atoms with E-state index in [1.54, 1.807) is 0 Å². The number of allylic oxidation sites excluding steroid dienone is 1. The van der Waals surface area contributed by atoms with Crippen LogP contribution in [0.3, 0.4) is 0 Å². The molecule has 0 aliphatic carbocycles. The van der Waals surface area contributed by atoms with Gasteiger partial charge in [0.05, 0.1) is 35.2 Å². The molecule has 126 valence electrons. The van der Waals surface area contributed by atoms with Crippen molar-refractivity contribution in [3.8, 4) is 12.1 Å². The van der Waals surface area contributed by atoms with Crippen LogP contribution in [0.1, 0.15) is 17.0 Å². The number of H-pyrrole nitrogens is 1. The maximum Gasteiger partial charge on any atom is 0.298 e. The number of nitriles is 1. The lowest BCUT2D eigenvalue weighted by Crippen LogP contribution is -2.30. The summed E-state index contributed by atoms with van der Waals surface area (Å²) in [6, 6.07) is 7.53. The van der Waals surface area contributed by atoms with E-state index in [0.717, 1.165) is 0 Å². The van der Waals surface area contributed by atoms with Gasteiger partial charge in [0.15, 0.2) is 0 Å². The summed E-state index contributed by atoms with van der Waals surface area (Å²) in [5.74, 6) is -0.580. The Balaban J connectivity index is 2.22. The molecule has 1 aliphatic heterocycles. The molecule has 10 heteroatoms. The van der Waals surface area contributed by atoms with E-state index in [0.29, 0.717) is 5.56 Å². The van der Waals surface area contributed by atoms with Crippen molar-refractivity contribution in [3.05, 3.63) is 67.3 Å². The predicted octanol–water partition coefficient (Wildman–Crippen LogP) is 0.938. The number of anilines is 1. The van der Waals surface area contributed by atoms with Gasteiger partial charge in [-0.2, -0.15) is 10.2 Å². The highest BCUT2D eigenvalue weighted by molar-refractivity contribution is 5.64. The number of non-ortho nitro benzene ring substituents is 1. The first-order valence-electron chi connectivity index (χ1n) is 7.05. The summed E-state index contributed by atoms with van der Waals surface area (Å²) >= 11 is 0. The van der Waals surface area contributed by atoms with Crippen molar-refractivity contribution in [2.75, 3.05) is 12.4 Å². The molecular weight excluding hydrogens is 328 g/mol. The van der Waals surface area contributed by atoms with Gasteiger partial charge in [0.2, 0.25) is 0 Å². The van der Waals surface area contributed by atoms with E-state index in [2.05, 4.69) is 15.3 Å². The lowest BCUT2D eigenvalue weighted by molar-refractivity contribution is -0.384. The van der Waals surface area contributed by atoms with Crippen LogP contribution in [0.25, 0.3) is 0 Å². The number of nitrogens with two attached hydrogens (primary N) is 1. The summed E-state index contributed by atoms with van der Waals surface area (Å²) in [4.78, 5) is 29.3. The maximum absolute atomic E-state index is 12.5. The van der Waals surface area contributed by atoms with Crippen LogP contribution in [0.15, 0.2) is 40.5 Å². The average Bonchev–Trinajstić information content (AvgIpc) is 2.60. The number of benzene rings is 1. The molecule has 0 saturated carbocycles. The van der Waals surface area contributed by atoms with Crippen molar-refractivity contribution in [1.29, 1.82) is 5.26 Å². The molecule has 3 rings (SSSR count). The molecule has 0 bridgehead atoms. The number of nitro benzene ring substituents is 1. The summed E-state index contributed by atoms with van der Waals surface area (Å²) in [6.45, 7) is 0. The molecule has 1 aromatic carbocycles. The minimum atomic E-state index is -0.802. The summed E-state index contributed by atoms with van der Waals surface area (Å²) in [6.07, 6.45) is 0. The molecule has 25 heavy (non-hydrogen) atoms. The Kier molecular flexibility index (Phi) is 3.82. The topological polar surface area (TPSA) is 160 Å². The molecule has 0 unspecified atom stereocenters. The van der Waals surface area contributed by atoms with Crippen LogP contribution in [0, 0.1) is 21.4 Å². The van der Waals surface area contributed by atoms with Crippen LogP contribution in [-0.2, 0) is 0 Å². The number of aromatic nitrogens is 2. The van der Waals surface area contributed by atoms with Crippen LogP contribution in [0.2, 0.25) is 0 Å². The zero-order chi connectivity index (χ0) is 18.1. The number of hydrogen-bond acceptors (Lipinski definition) is 8. The molecule has 2 heterocycles. The molecule has 0 fully saturated rings. The zero-order valence-corrected chi connectivity index (χ0v) is 12.9. The lowest BCUT2D eigenvalue weighted by atomic mass is 9.84. The first-order valence-corrected chi connectivity index (χ1v) is 7.05. The van der Waals surface area contributed by atoms with Crippen LogP contribution in [0.5, 0.6) is 6.01 Å². The second-order valence-corrected chi connectivity index (χ2v) is 5.18. The molecular formula is C15H12N6O4. The smallest absolute Gasteiger partial charge is 0.298 e. The number of ether oxygens (including phenoxy) is 1. The number of methoxy groups -OCH3 is 1. The molecule has 0 saturated heterocycles. The number of nitro groups is 1. The first-order chi connectivity index (χ1) is 12.0. The largest absolute Gasteiger partial charge is 0.468 e. The summed E-state index contributed by atoms with van der Waals surface area (Å²) in [7, 11) is 1.35. The van der Waals surface area contributed by atoms with Crippen LogP contribution < -0.4 is 21.3 Å². The van der Waals surface area contributed by atoms with Gasteiger partial charge in [-0.1, -0.05) is 12.1 Å². The van der Waals surface area contributed by atoms with Crippen molar-refractivity contribution in [2.45, 2.75) is 5.92 Å². The highest BCUT2D eigenvalue weighted by atomic mass is 16.6. The number of aromatic amines is 1. The summed E-state index contributed by atoms with van der Waals surface area (Å²) in [5.41, 5.74) is 6.10. The normalized spacial score (nSPS) is 15.8. The van der Waals surface area contributed by atoms with E-state index in [1.807, 2.05) is 6.07 Å². The van der Waals surface area contributed by atoms with E-state index in [4.69, 9.17) is 10.5 Å². The van der Waals surface area contributed by atoms with Gasteiger partial charge in [-0.15, -0.1) is 0 Å². The summed E-state index contributed by atoms with van der Waals surface area (Å²) < 4.78 is 4.93. The maximum atomic E-state index is 12.5. The van der Waals surface area contributed by atoms with Crippen LogP contribution in [-0.4, -0.2) is 22.0 Å². The lowest BCUT2D eigenvalue weighted by Gasteiger charge is -2.25. The third-order valence-corrected chi connectivity index (χ3v) is 3.81. The number of fused-ring (bicyclic) bond motifs is 1. The zero-order valence-electron chi connectivity index (χ0n) is 12.9. The number of nitrogens with zero attached hydrogens (tertiary/aromatic N) is 3. The average molecular weight is 340 g/mol. The third kappa shape index (κ3) is 2.63. The van der Waals surface area contributed by atoms with Gasteiger partial charge in [-0.05, 0) is 5.56 Å². The molecule has 0 radical (unpaired) electrons. The Labute approximate surface area is 140 Å². The van der Waals surface area contributed by atoms with Crippen molar-refractivity contribution in [2.24, 2.45) is 5.73 Å². The van der Waals surface area contributed by atoms with Gasteiger partial charge >= 0.3 is 0 Å². The van der Waals surface area contributed by atoms with Crippen LogP contribution >= 0.6 is 0 Å². The quantitative estimate of drug-likeness (QED) is 0.549. The van der Waals surface area contributed by atoms with E-state index in [9.17, 15) is 20.2 Å². The standard InChI is InChI=1S/C15H12N6O4/c1-25-15-19-13-11(14(22)20-15)10(9(6-16)12(17)18-13)7-2-4-8(5-3-7)21(23)24/h2-5,10H,17H2,1H3,(H2,18,19,20,22)/t10-/m1/s1. The van der Waals surface area contributed by atoms with Gasteiger partial charge in [0, 0.05) is 12.1 Å². The number of rotatable bonds is 3. The second-order valence-electron chi connectivity index (χ2n) is 5.18. The van der Waals surface area contributed by atoms with Gasteiger partial charge in [0.1, 0.15) is 11.6 Å².